The third-order valence-corrected chi connectivity index (χ3v) is 3.51. The van der Waals surface area contributed by atoms with Crippen molar-refractivity contribution in [3.63, 3.8) is 0 Å². The molecule has 0 aromatic rings. The Morgan fingerprint density at radius 2 is 2.00 bits per heavy atom. The summed E-state index contributed by atoms with van der Waals surface area (Å²) in [5, 5.41) is 5.03. The second kappa shape index (κ2) is 6.92. The number of amides is 2. The summed E-state index contributed by atoms with van der Waals surface area (Å²) in [6.45, 7) is 1.94. The lowest BCUT2D eigenvalue weighted by Gasteiger charge is -2.30. The normalized spacial score (nSPS) is 23.2. The summed E-state index contributed by atoms with van der Waals surface area (Å²) < 4.78 is 37.4. The molecule has 0 aliphatic carbocycles. The Balaban J connectivity index is 2.35. The molecule has 0 spiro atoms. The predicted molar refractivity (Wildman–Crippen MR) is 66.9 cm³/mol. The molecule has 2 atom stereocenters. The quantitative estimate of drug-likeness (QED) is 0.794. The Labute approximate surface area is 115 Å². The minimum absolute atomic E-state index is 0.0720. The zero-order valence-electron chi connectivity index (χ0n) is 11.6. The van der Waals surface area contributed by atoms with Crippen LogP contribution in [0, 0.1) is 5.92 Å². The first-order valence-electron chi connectivity index (χ1n) is 6.57. The number of halogens is 3. The van der Waals surface area contributed by atoms with Crippen LogP contribution < -0.4 is 10.6 Å². The lowest BCUT2D eigenvalue weighted by molar-refractivity contribution is -0.180. The molecule has 0 saturated carbocycles. The topological polar surface area (TPSA) is 61.4 Å². The molecule has 0 aromatic carbocycles. The van der Waals surface area contributed by atoms with E-state index in [1.807, 2.05) is 0 Å². The van der Waals surface area contributed by atoms with Crippen LogP contribution in [0.4, 0.5) is 13.2 Å². The van der Waals surface area contributed by atoms with E-state index in [9.17, 15) is 22.8 Å². The van der Waals surface area contributed by atoms with Gasteiger partial charge in [0.25, 0.3) is 0 Å². The average Bonchev–Trinajstić information content (AvgIpc) is 2.42. The Kier molecular flexibility index (Phi) is 5.79. The maximum Gasteiger partial charge on any atom is 0.393 e. The first-order chi connectivity index (χ1) is 9.25. The van der Waals surface area contributed by atoms with Gasteiger partial charge in [0.1, 0.15) is 0 Å². The van der Waals surface area contributed by atoms with Crippen molar-refractivity contribution >= 4 is 11.8 Å². The molecule has 1 saturated heterocycles. The zero-order valence-corrected chi connectivity index (χ0v) is 11.6. The van der Waals surface area contributed by atoms with Crippen molar-refractivity contribution in [1.82, 2.24) is 15.5 Å². The maximum atomic E-state index is 12.5. The standard InChI is InChI=1S/C12H20F3N3O2/c1-3-18(2)10(19)7-17-11(20)9-5-4-8(6-16-9)12(13,14)15/h8-9,16H,3-7H2,1-2H3,(H,17,20). The van der Waals surface area contributed by atoms with Crippen LogP contribution in [0.1, 0.15) is 19.8 Å². The first kappa shape index (κ1) is 16.7. The van der Waals surface area contributed by atoms with E-state index in [1.165, 1.54) is 4.90 Å². The van der Waals surface area contributed by atoms with Crippen LogP contribution in [0.15, 0.2) is 0 Å². The lowest BCUT2D eigenvalue weighted by atomic mass is 9.94. The van der Waals surface area contributed by atoms with Crippen LogP contribution in [0.2, 0.25) is 0 Å². The predicted octanol–water partition coefficient (Wildman–Crippen LogP) is 0.511. The van der Waals surface area contributed by atoms with Crippen molar-refractivity contribution in [2.24, 2.45) is 5.92 Å². The largest absolute Gasteiger partial charge is 0.393 e. The van der Waals surface area contributed by atoms with Gasteiger partial charge in [-0.1, -0.05) is 0 Å². The molecular formula is C12H20F3N3O2. The minimum atomic E-state index is -4.23. The van der Waals surface area contributed by atoms with E-state index in [0.717, 1.165) is 0 Å². The van der Waals surface area contributed by atoms with Crippen LogP contribution in [0.5, 0.6) is 0 Å². The number of nitrogens with zero attached hydrogens (tertiary/aromatic N) is 1. The van der Waals surface area contributed by atoms with Crippen molar-refractivity contribution in [1.29, 1.82) is 0 Å². The molecule has 2 N–H and O–H groups in total. The van der Waals surface area contributed by atoms with E-state index < -0.39 is 24.0 Å². The highest BCUT2D eigenvalue weighted by atomic mass is 19.4. The SMILES string of the molecule is CCN(C)C(=O)CNC(=O)C1CCC(C(F)(F)F)CN1. The van der Waals surface area contributed by atoms with E-state index >= 15 is 0 Å². The van der Waals surface area contributed by atoms with E-state index in [-0.39, 0.29) is 31.8 Å². The van der Waals surface area contributed by atoms with Crippen LogP contribution in [0.25, 0.3) is 0 Å². The highest BCUT2D eigenvalue weighted by Gasteiger charge is 2.42. The van der Waals surface area contributed by atoms with E-state index in [2.05, 4.69) is 10.6 Å². The Morgan fingerprint density at radius 3 is 2.45 bits per heavy atom. The summed E-state index contributed by atoms with van der Waals surface area (Å²) in [5.74, 6) is -2.06. The summed E-state index contributed by atoms with van der Waals surface area (Å²) >= 11 is 0. The summed E-state index contributed by atoms with van der Waals surface area (Å²) in [5.41, 5.74) is 0. The molecule has 8 heteroatoms. The lowest BCUT2D eigenvalue weighted by Crippen LogP contribution is -2.52. The van der Waals surface area contributed by atoms with Crippen molar-refractivity contribution in [2.45, 2.75) is 32.0 Å². The second-order valence-corrected chi connectivity index (χ2v) is 4.90. The van der Waals surface area contributed by atoms with Crippen LogP contribution in [0.3, 0.4) is 0 Å². The summed E-state index contributed by atoms with van der Waals surface area (Å²) in [6.07, 6.45) is -4.18. The molecule has 20 heavy (non-hydrogen) atoms. The molecular weight excluding hydrogens is 275 g/mol. The summed E-state index contributed by atoms with van der Waals surface area (Å²) in [7, 11) is 1.61. The molecule has 1 heterocycles. The monoisotopic (exact) mass is 295 g/mol. The smallest absolute Gasteiger partial charge is 0.346 e. The number of hydrogen-bond acceptors (Lipinski definition) is 3. The molecule has 5 nitrogen and oxygen atoms in total. The summed E-state index contributed by atoms with van der Waals surface area (Å²) in [4.78, 5) is 24.7. The molecule has 0 bridgehead atoms. The van der Waals surface area contributed by atoms with Gasteiger partial charge in [0.05, 0.1) is 18.5 Å². The van der Waals surface area contributed by atoms with Crippen molar-refractivity contribution in [2.75, 3.05) is 26.7 Å². The fourth-order valence-electron chi connectivity index (χ4n) is 1.96. The van der Waals surface area contributed by atoms with Gasteiger partial charge in [-0.3, -0.25) is 9.59 Å². The van der Waals surface area contributed by atoms with E-state index in [1.54, 1.807) is 14.0 Å². The molecule has 1 aliphatic rings. The van der Waals surface area contributed by atoms with Gasteiger partial charge in [-0.2, -0.15) is 13.2 Å². The fourth-order valence-corrected chi connectivity index (χ4v) is 1.96. The number of alkyl halides is 3. The van der Waals surface area contributed by atoms with Crippen molar-refractivity contribution in [3.05, 3.63) is 0 Å². The van der Waals surface area contributed by atoms with Gasteiger partial charge >= 0.3 is 6.18 Å². The molecule has 1 aliphatic heterocycles. The average molecular weight is 295 g/mol. The molecule has 0 radical (unpaired) electrons. The van der Waals surface area contributed by atoms with Gasteiger partial charge < -0.3 is 15.5 Å². The van der Waals surface area contributed by atoms with Gasteiger partial charge in [0.2, 0.25) is 11.8 Å². The molecule has 2 unspecified atom stereocenters. The molecule has 1 rings (SSSR count). The van der Waals surface area contributed by atoms with Gasteiger partial charge in [-0.15, -0.1) is 0 Å². The van der Waals surface area contributed by atoms with Crippen LogP contribution in [-0.2, 0) is 9.59 Å². The summed E-state index contributed by atoms with van der Waals surface area (Å²) in [6, 6.07) is -0.659. The van der Waals surface area contributed by atoms with Gasteiger partial charge in [0.15, 0.2) is 0 Å². The zero-order chi connectivity index (χ0) is 15.3. The third kappa shape index (κ3) is 4.66. The van der Waals surface area contributed by atoms with Crippen molar-refractivity contribution in [3.8, 4) is 0 Å². The molecule has 0 aromatic heterocycles. The van der Waals surface area contributed by atoms with Crippen molar-refractivity contribution < 1.29 is 22.8 Å². The number of nitrogens with one attached hydrogen (secondary N) is 2. The Morgan fingerprint density at radius 1 is 1.35 bits per heavy atom. The number of piperidine rings is 1. The van der Waals surface area contributed by atoms with E-state index in [4.69, 9.17) is 0 Å². The number of carbonyl (C=O) groups excluding carboxylic acids is 2. The van der Waals surface area contributed by atoms with Crippen LogP contribution >= 0.6 is 0 Å². The van der Waals surface area contributed by atoms with Gasteiger partial charge in [-0.25, -0.2) is 0 Å². The molecule has 1 fully saturated rings. The molecule has 2 amide bonds. The fraction of sp³-hybridized carbons (Fsp3) is 0.833. The number of rotatable bonds is 4. The minimum Gasteiger partial charge on any atom is -0.346 e. The highest BCUT2D eigenvalue weighted by molar-refractivity contribution is 5.87. The van der Waals surface area contributed by atoms with Gasteiger partial charge in [0, 0.05) is 20.1 Å². The maximum absolute atomic E-state index is 12.5. The number of carbonyl (C=O) groups is 2. The Hall–Kier alpha value is -1.31. The first-order valence-corrected chi connectivity index (χ1v) is 6.57. The molecule has 116 valence electrons. The third-order valence-electron chi connectivity index (χ3n) is 3.51. The second-order valence-electron chi connectivity index (χ2n) is 4.90. The Bertz CT molecular complexity index is 352. The highest BCUT2D eigenvalue weighted by Crippen LogP contribution is 2.31. The number of hydrogen-bond donors (Lipinski definition) is 2. The number of likely N-dealkylation sites (N-methyl/N-ethyl adjacent to an activating group) is 1. The van der Waals surface area contributed by atoms with Gasteiger partial charge in [-0.05, 0) is 19.8 Å². The van der Waals surface area contributed by atoms with E-state index in [0.29, 0.717) is 6.54 Å². The van der Waals surface area contributed by atoms with Crippen LogP contribution in [-0.4, -0.2) is 55.6 Å².